The average molecular weight is 263 g/mol. The van der Waals surface area contributed by atoms with Gasteiger partial charge in [-0.15, -0.1) is 11.3 Å². The van der Waals surface area contributed by atoms with Crippen LogP contribution in [0.25, 0.3) is 0 Å². The zero-order chi connectivity index (χ0) is 12.9. The third-order valence-corrected chi connectivity index (χ3v) is 4.98. The zero-order valence-corrected chi connectivity index (χ0v) is 12.2. The van der Waals surface area contributed by atoms with Crippen molar-refractivity contribution in [1.29, 1.82) is 0 Å². The van der Waals surface area contributed by atoms with Crippen LogP contribution in [0.4, 0.5) is 0 Å². The summed E-state index contributed by atoms with van der Waals surface area (Å²) < 4.78 is 0. The smallest absolute Gasteiger partial charge is 0.228 e. The lowest BCUT2D eigenvalue weighted by molar-refractivity contribution is -0.143. The van der Waals surface area contributed by atoms with E-state index >= 15 is 0 Å². The van der Waals surface area contributed by atoms with Gasteiger partial charge in [0, 0.05) is 16.8 Å². The number of carbonyl (C=O) groups is 1. The summed E-state index contributed by atoms with van der Waals surface area (Å²) in [4.78, 5) is 16.3. The van der Waals surface area contributed by atoms with Crippen molar-refractivity contribution < 1.29 is 4.79 Å². The molecule has 1 fully saturated rings. The molecule has 1 aromatic heterocycles. The molecule has 3 rings (SSSR count). The van der Waals surface area contributed by atoms with Crippen molar-refractivity contribution in [2.45, 2.75) is 46.1 Å². The minimum absolute atomic E-state index is 0.263. The Morgan fingerprint density at radius 2 is 2.11 bits per heavy atom. The normalized spacial score (nSPS) is 23.9. The second-order valence-electron chi connectivity index (χ2n) is 6.58. The molecule has 0 saturated heterocycles. The third kappa shape index (κ3) is 1.99. The molecular weight excluding hydrogens is 242 g/mol. The van der Waals surface area contributed by atoms with Crippen molar-refractivity contribution in [2.75, 3.05) is 6.54 Å². The zero-order valence-electron chi connectivity index (χ0n) is 11.4. The maximum atomic E-state index is 12.6. The van der Waals surface area contributed by atoms with Gasteiger partial charge in [0.05, 0.1) is 6.04 Å². The van der Waals surface area contributed by atoms with Crippen LogP contribution in [-0.2, 0) is 11.2 Å². The molecule has 1 saturated carbocycles. The van der Waals surface area contributed by atoms with Crippen molar-refractivity contribution in [2.24, 2.45) is 11.3 Å². The lowest BCUT2D eigenvalue weighted by Gasteiger charge is -2.39. The predicted octanol–water partition coefficient (Wildman–Crippen LogP) is 3.63. The minimum atomic E-state index is -0.263. The van der Waals surface area contributed by atoms with Crippen molar-refractivity contribution in [3.63, 3.8) is 0 Å². The molecule has 0 spiro atoms. The topological polar surface area (TPSA) is 20.3 Å². The quantitative estimate of drug-likeness (QED) is 0.757. The van der Waals surface area contributed by atoms with Gasteiger partial charge in [0.15, 0.2) is 0 Å². The van der Waals surface area contributed by atoms with Gasteiger partial charge in [-0.05, 0) is 42.2 Å². The second-order valence-corrected chi connectivity index (χ2v) is 7.58. The Bertz CT molecular complexity index is 467. The molecule has 0 N–H and O–H groups in total. The molecule has 1 unspecified atom stereocenters. The first-order valence-corrected chi connectivity index (χ1v) is 7.74. The summed E-state index contributed by atoms with van der Waals surface area (Å²) in [7, 11) is 0. The lowest BCUT2D eigenvalue weighted by Crippen LogP contribution is -2.45. The second kappa shape index (κ2) is 4.09. The van der Waals surface area contributed by atoms with E-state index in [4.69, 9.17) is 0 Å². The van der Waals surface area contributed by atoms with Crippen LogP contribution >= 0.6 is 11.3 Å². The molecule has 0 radical (unpaired) electrons. The third-order valence-electron chi connectivity index (χ3n) is 3.99. The number of amides is 1. The average Bonchev–Trinajstić information content (AvgIpc) is 3.02. The molecule has 98 valence electrons. The maximum Gasteiger partial charge on any atom is 0.228 e. The first-order valence-electron chi connectivity index (χ1n) is 6.86. The Balaban J connectivity index is 1.94. The van der Waals surface area contributed by atoms with Crippen LogP contribution in [0.5, 0.6) is 0 Å². The van der Waals surface area contributed by atoms with Crippen LogP contribution in [-0.4, -0.2) is 17.4 Å². The summed E-state index contributed by atoms with van der Waals surface area (Å²) in [5.41, 5.74) is 1.17. The summed E-state index contributed by atoms with van der Waals surface area (Å²) in [6.07, 6.45) is 3.61. The van der Waals surface area contributed by atoms with E-state index in [1.807, 2.05) is 32.1 Å². The molecule has 0 bridgehead atoms. The Morgan fingerprint density at radius 1 is 1.39 bits per heavy atom. The summed E-state index contributed by atoms with van der Waals surface area (Å²) in [5.74, 6) is 1.03. The van der Waals surface area contributed by atoms with Crippen LogP contribution in [0.3, 0.4) is 0 Å². The highest BCUT2D eigenvalue weighted by Gasteiger charge is 2.43. The summed E-state index contributed by atoms with van der Waals surface area (Å²) in [6.45, 7) is 7.00. The van der Waals surface area contributed by atoms with E-state index < -0.39 is 0 Å². The lowest BCUT2D eigenvalue weighted by atomic mass is 9.89. The summed E-state index contributed by atoms with van der Waals surface area (Å²) in [6, 6.07) is 2.61. The molecule has 3 heteroatoms. The van der Waals surface area contributed by atoms with Gasteiger partial charge in [-0.2, -0.15) is 0 Å². The van der Waals surface area contributed by atoms with Crippen molar-refractivity contribution in [1.82, 2.24) is 4.90 Å². The summed E-state index contributed by atoms with van der Waals surface area (Å²) in [5, 5.41) is 2.19. The van der Waals surface area contributed by atoms with Crippen molar-refractivity contribution in [3.8, 4) is 0 Å². The van der Waals surface area contributed by atoms with E-state index in [1.165, 1.54) is 23.3 Å². The fourth-order valence-corrected chi connectivity index (χ4v) is 3.84. The molecule has 0 aromatic carbocycles. The molecule has 2 nitrogen and oxygen atoms in total. The van der Waals surface area contributed by atoms with Gasteiger partial charge in [-0.3, -0.25) is 4.79 Å². The van der Waals surface area contributed by atoms with E-state index in [0.29, 0.717) is 17.9 Å². The number of nitrogens with zero attached hydrogens (tertiary/aromatic N) is 1. The van der Waals surface area contributed by atoms with E-state index in [2.05, 4.69) is 16.3 Å². The number of hydrogen-bond acceptors (Lipinski definition) is 2. The Labute approximate surface area is 113 Å². The van der Waals surface area contributed by atoms with Crippen molar-refractivity contribution >= 4 is 17.2 Å². The van der Waals surface area contributed by atoms with Gasteiger partial charge in [-0.1, -0.05) is 20.8 Å². The van der Waals surface area contributed by atoms with Crippen LogP contribution in [0, 0.1) is 11.3 Å². The number of hydrogen-bond donors (Lipinski definition) is 0. The molecule has 1 aromatic rings. The van der Waals surface area contributed by atoms with Crippen molar-refractivity contribution in [3.05, 3.63) is 21.9 Å². The van der Waals surface area contributed by atoms with Crippen LogP contribution in [0.15, 0.2) is 11.4 Å². The molecular formula is C15H21NOS. The number of thiophene rings is 1. The number of fused-ring (bicyclic) bond motifs is 1. The van der Waals surface area contributed by atoms with Gasteiger partial charge >= 0.3 is 0 Å². The molecule has 1 atom stereocenters. The molecule has 1 amide bonds. The number of rotatable bonds is 1. The Morgan fingerprint density at radius 3 is 2.72 bits per heavy atom. The van der Waals surface area contributed by atoms with E-state index in [0.717, 1.165) is 13.0 Å². The highest BCUT2D eigenvalue weighted by atomic mass is 32.1. The van der Waals surface area contributed by atoms with Gasteiger partial charge in [0.25, 0.3) is 0 Å². The first-order chi connectivity index (χ1) is 8.48. The largest absolute Gasteiger partial charge is 0.335 e. The Hall–Kier alpha value is -0.830. The number of carbonyl (C=O) groups excluding carboxylic acids is 1. The van der Waals surface area contributed by atoms with E-state index in [9.17, 15) is 4.79 Å². The maximum absolute atomic E-state index is 12.6. The van der Waals surface area contributed by atoms with Gasteiger partial charge in [-0.25, -0.2) is 0 Å². The predicted molar refractivity (Wildman–Crippen MR) is 74.7 cm³/mol. The monoisotopic (exact) mass is 263 g/mol. The minimum Gasteiger partial charge on any atom is -0.335 e. The van der Waals surface area contributed by atoms with Gasteiger partial charge < -0.3 is 4.90 Å². The van der Waals surface area contributed by atoms with Crippen LogP contribution in [0.2, 0.25) is 0 Å². The molecule has 2 heterocycles. The molecule has 2 aliphatic rings. The van der Waals surface area contributed by atoms with E-state index in [-0.39, 0.29) is 5.41 Å². The highest BCUT2D eigenvalue weighted by molar-refractivity contribution is 7.10. The summed E-state index contributed by atoms with van der Waals surface area (Å²) >= 11 is 1.86. The fraction of sp³-hybridized carbons (Fsp3) is 0.667. The first kappa shape index (κ1) is 12.2. The SMILES string of the molecule is CC(C)(C)C(=O)N1CCc2sccc2C1C1CC1. The molecule has 1 aliphatic heterocycles. The Kier molecular flexibility index (Phi) is 2.77. The van der Waals surface area contributed by atoms with E-state index in [1.54, 1.807) is 0 Å². The van der Waals surface area contributed by atoms with Crippen LogP contribution < -0.4 is 0 Å². The van der Waals surface area contributed by atoms with Gasteiger partial charge in [0.1, 0.15) is 0 Å². The molecule has 18 heavy (non-hydrogen) atoms. The fourth-order valence-electron chi connectivity index (χ4n) is 2.93. The standard InChI is InChI=1S/C15H21NOS/c1-15(2,3)14(17)16-8-6-12-11(7-9-18-12)13(16)10-4-5-10/h7,9-10,13H,4-6,8H2,1-3H3. The van der Waals surface area contributed by atoms with Crippen LogP contribution in [0.1, 0.15) is 50.1 Å². The highest BCUT2D eigenvalue weighted by Crippen LogP contribution is 2.49. The van der Waals surface area contributed by atoms with Gasteiger partial charge in [0.2, 0.25) is 5.91 Å². The molecule has 1 aliphatic carbocycles.